The minimum atomic E-state index is -0.901. The fourth-order valence-electron chi connectivity index (χ4n) is 1.69. The predicted molar refractivity (Wildman–Crippen MR) is 66.8 cm³/mol. The molecule has 0 saturated carbocycles. The third kappa shape index (κ3) is 4.07. The maximum atomic E-state index is 10.9. The van der Waals surface area contributed by atoms with Gasteiger partial charge in [-0.05, 0) is 57.2 Å². The first-order valence-corrected chi connectivity index (χ1v) is 5.59. The van der Waals surface area contributed by atoms with Crippen LogP contribution in [0.5, 0.6) is 5.75 Å². The molecule has 17 heavy (non-hydrogen) atoms. The Bertz CT molecular complexity index is 388. The summed E-state index contributed by atoms with van der Waals surface area (Å²) in [6.45, 7) is 0.973. The average molecular weight is 237 g/mol. The largest absolute Gasteiger partial charge is 0.496 e. The lowest BCUT2D eigenvalue weighted by molar-refractivity contribution is 0.0696. The van der Waals surface area contributed by atoms with Gasteiger partial charge in [0.15, 0.2) is 0 Å². The van der Waals surface area contributed by atoms with E-state index in [0.29, 0.717) is 5.56 Å². The first-order chi connectivity index (χ1) is 8.04. The number of carboxylic acids is 1. The van der Waals surface area contributed by atoms with Gasteiger partial charge >= 0.3 is 5.97 Å². The Hall–Kier alpha value is -1.55. The van der Waals surface area contributed by atoms with Crippen LogP contribution in [0.3, 0.4) is 0 Å². The number of nitrogens with zero attached hydrogens (tertiary/aromatic N) is 1. The van der Waals surface area contributed by atoms with Gasteiger partial charge in [0.1, 0.15) is 5.75 Å². The molecule has 0 unspecified atom stereocenters. The number of carbonyl (C=O) groups is 1. The van der Waals surface area contributed by atoms with Gasteiger partial charge in [-0.3, -0.25) is 0 Å². The third-order valence-corrected chi connectivity index (χ3v) is 2.58. The fraction of sp³-hybridized carbons (Fsp3) is 0.462. The van der Waals surface area contributed by atoms with Gasteiger partial charge in [0.05, 0.1) is 12.7 Å². The number of methoxy groups -OCH3 is 1. The molecule has 0 aromatic heterocycles. The molecule has 1 N–H and O–H groups in total. The zero-order valence-corrected chi connectivity index (χ0v) is 10.6. The summed E-state index contributed by atoms with van der Waals surface area (Å²) in [4.78, 5) is 13.0. The number of benzene rings is 1. The molecule has 1 aromatic carbocycles. The van der Waals surface area contributed by atoms with Crippen LogP contribution >= 0.6 is 0 Å². The van der Waals surface area contributed by atoms with E-state index in [2.05, 4.69) is 4.90 Å². The van der Waals surface area contributed by atoms with Crippen molar-refractivity contribution in [2.24, 2.45) is 0 Å². The standard InChI is InChI=1S/C13H19NO3/c1-14(2)8-4-5-10-9-11(13(15)16)6-7-12(10)17-3/h6-7,9H,4-5,8H2,1-3H3,(H,15,16). The van der Waals surface area contributed by atoms with Crippen molar-refractivity contribution in [1.82, 2.24) is 4.90 Å². The Labute approximate surface area is 102 Å². The normalized spacial score (nSPS) is 10.6. The molecule has 0 aliphatic rings. The highest BCUT2D eigenvalue weighted by molar-refractivity contribution is 5.88. The zero-order chi connectivity index (χ0) is 12.8. The molecule has 4 nitrogen and oxygen atoms in total. The van der Waals surface area contributed by atoms with E-state index in [1.165, 1.54) is 0 Å². The summed E-state index contributed by atoms with van der Waals surface area (Å²) in [6.07, 6.45) is 1.80. The molecule has 0 spiro atoms. The number of aromatic carboxylic acids is 1. The molecule has 4 heteroatoms. The van der Waals surface area contributed by atoms with Crippen LogP contribution in [0.25, 0.3) is 0 Å². The Morgan fingerprint density at radius 3 is 2.65 bits per heavy atom. The van der Waals surface area contributed by atoms with Gasteiger partial charge in [0.2, 0.25) is 0 Å². The number of hydrogen-bond donors (Lipinski definition) is 1. The monoisotopic (exact) mass is 237 g/mol. The third-order valence-electron chi connectivity index (χ3n) is 2.58. The summed E-state index contributed by atoms with van der Waals surface area (Å²) in [6, 6.07) is 4.97. The highest BCUT2D eigenvalue weighted by atomic mass is 16.5. The van der Waals surface area contributed by atoms with E-state index >= 15 is 0 Å². The molecule has 0 aliphatic carbocycles. The number of aryl methyl sites for hydroxylation is 1. The Kier molecular flexibility index (Phi) is 4.97. The van der Waals surface area contributed by atoms with E-state index in [4.69, 9.17) is 9.84 Å². The maximum Gasteiger partial charge on any atom is 0.335 e. The van der Waals surface area contributed by atoms with Crippen LogP contribution in [0.1, 0.15) is 22.3 Å². The van der Waals surface area contributed by atoms with Gasteiger partial charge in [-0.25, -0.2) is 4.79 Å². The predicted octanol–water partition coefficient (Wildman–Crippen LogP) is 1.89. The van der Waals surface area contributed by atoms with Crippen molar-refractivity contribution in [2.75, 3.05) is 27.7 Å². The first-order valence-electron chi connectivity index (χ1n) is 5.59. The highest BCUT2D eigenvalue weighted by Crippen LogP contribution is 2.21. The molecule has 0 amide bonds. The summed E-state index contributed by atoms with van der Waals surface area (Å²) in [5.74, 6) is -0.143. The van der Waals surface area contributed by atoms with Crippen LogP contribution < -0.4 is 4.74 Å². The van der Waals surface area contributed by atoms with E-state index in [-0.39, 0.29) is 0 Å². The van der Waals surface area contributed by atoms with Crippen LogP contribution in [0.2, 0.25) is 0 Å². The van der Waals surface area contributed by atoms with Crippen LogP contribution in [0.4, 0.5) is 0 Å². The van der Waals surface area contributed by atoms with Gasteiger partial charge < -0.3 is 14.7 Å². The quantitative estimate of drug-likeness (QED) is 0.820. The summed E-state index contributed by atoms with van der Waals surface area (Å²) in [7, 11) is 5.64. The molecule has 0 aliphatic heterocycles. The number of ether oxygens (including phenoxy) is 1. The molecule has 0 saturated heterocycles. The molecule has 94 valence electrons. The van der Waals surface area contributed by atoms with Crippen LogP contribution in [-0.2, 0) is 6.42 Å². The van der Waals surface area contributed by atoms with Gasteiger partial charge in [-0.2, -0.15) is 0 Å². The smallest absolute Gasteiger partial charge is 0.335 e. The molecule has 0 radical (unpaired) electrons. The highest BCUT2D eigenvalue weighted by Gasteiger charge is 2.08. The summed E-state index contributed by atoms with van der Waals surface area (Å²) in [5.41, 5.74) is 1.26. The van der Waals surface area contributed by atoms with E-state index in [0.717, 1.165) is 30.7 Å². The Morgan fingerprint density at radius 2 is 2.12 bits per heavy atom. The summed E-state index contributed by atoms with van der Waals surface area (Å²) in [5, 5.41) is 8.94. The van der Waals surface area contributed by atoms with Gasteiger partial charge in [0, 0.05) is 0 Å². The molecule has 0 bridgehead atoms. The van der Waals surface area contributed by atoms with Crippen molar-refractivity contribution in [3.63, 3.8) is 0 Å². The Balaban J connectivity index is 2.79. The molecule has 1 rings (SSSR count). The Morgan fingerprint density at radius 1 is 1.41 bits per heavy atom. The molecular formula is C13H19NO3. The van der Waals surface area contributed by atoms with E-state index < -0.39 is 5.97 Å². The SMILES string of the molecule is COc1ccc(C(=O)O)cc1CCCN(C)C. The van der Waals surface area contributed by atoms with Crippen LogP contribution in [0, 0.1) is 0 Å². The first kappa shape index (κ1) is 13.5. The number of carboxylic acid groups (broad SMARTS) is 1. The van der Waals surface area contributed by atoms with Crippen molar-refractivity contribution >= 4 is 5.97 Å². The van der Waals surface area contributed by atoms with E-state index in [9.17, 15) is 4.79 Å². The second-order valence-corrected chi connectivity index (χ2v) is 4.24. The topological polar surface area (TPSA) is 49.8 Å². The maximum absolute atomic E-state index is 10.9. The average Bonchev–Trinajstić information content (AvgIpc) is 2.28. The van der Waals surface area contributed by atoms with Crippen molar-refractivity contribution in [1.29, 1.82) is 0 Å². The van der Waals surface area contributed by atoms with E-state index in [1.54, 1.807) is 25.3 Å². The lowest BCUT2D eigenvalue weighted by atomic mass is 10.0. The molecule has 0 heterocycles. The lowest BCUT2D eigenvalue weighted by Crippen LogP contribution is -2.13. The number of rotatable bonds is 6. The van der Waals surface area contributed by atoms with Crippen LogP contribution in [-0.4, -0.2) is 43.7 Å². The minimum Gasteiger partial charge on any atom is -0.496 e. The summed E-state index contributed by atoms with van der Waals surface area (Å²) >= 11 is 0. The van der Waals surface area contributed by atoms with Crippen molar-refractivity contribution in [3.05, 3.63) is 29.3 Å². The van der Waals surface area contributed by atoms with E-state index in [1.807, 2.05) is 14.1 Å². The minimum absolute atomic E-state index is 0.311. The molecular weight excluding hydrogens is 218 g/mol. The van der Waals surface area contributed by atoms with Gasteiger partial charge in [-0.1, -0.05) is 0 Å². The lowest BCUT2D eigenvalue weighted by Gasteiger charge is -2.12. The second-order valence-electron chi connectivity index (χ2n) is 4.24. The molecule has 0 fully saturated rings. The number of hydrogen-bond acceptors (Lipinski definition) is 3. The molecule has 0 atom stereocenters. The van der Waals surface area contributed by atoms with Crippen molar-refractivity contribution in [2.45, 2.75) is 12.8 Å². The van der Waals surface area contributed by atoms with Gasteiger partial charge in [-0.15, -0.1) is 0 Å². The summed E-state index contributed by atoms with van der Waals surface area (Å²) < 4.78 is 5.23. The van der Waals surface area contributed by atoms with Gasteiger partial charge in [0.25, 0.3) is 0 Å². The second kappa shape index (κ2) is 6.25. The fourth-order valence-corrected chi connectivity index (χ4v) is 1.69. The molecule has 1 aromatic rings. The van der Waals surface area contributed by atoms with Crippen molar-refractivity contribution in [3.8, 4) is 5.75 Å². The van der Waals surface area contributed by atoms with Crippen molar-refractivity contribution < 1.29 is 14.6 Å². The zero-order valence-electron chi connectivity index (χ0n) is 10.6. The van der Waals surface area contributed by atoms with Crippen LogP contribution in [0.15, 0.2) is 18.2 Å².